The lowest BCUT2D eigenvalue weighted by Gasteiger charge is -2.22. The van der Waals surface area contributed by atoms with Gasteiger partial charge in [-0.15, -0.1) is 6.42 Å². The molecule has 2 rings (SSSR count). The first-order valence-electron chi connectivity index (χ1n) is 7.83. The molecule has 0 unspecified atom stereocenters. The highest BCUT2D eigenvalue weighted by Gasteiger charge is 2.31. The third-order valence-electron chi connectivity index (χ3n) is 3.85. The van der Waals surface area contributed by atoms with Crippen molar-refractivity contribution in [2.45, 2.75) is 39.8 Å². The summed E-state index contributed by atoms with van der Waals surface area (Å²) in [4.78, 5) is 39.7. The number of carbonyl (C=O) groups is 1. The lowest BCUT2D eigenvalue weighted by Crippen LogP contribution is -2.41. The number of hydrogen-bond donors (Lipinski definition) is 2. The third-order valence-corrected chi connectivity index (χ3v) is 3.85. The van der Waals surface area contributed by atoms with E-state index in [4.69, 9.17) is 6.42 Å². The van der Waals surface area contributed by atoms with Crippen LogP contribution in [0.2, 0.25) is 0 Å². The molecule has 0 aliphatic carbocycles. The molecular weight excluding hydrogens is 320 g/mol. The fourth-order valence-electron chi connectivity index (χ4n) is 2.81. The second-order valence-corrected chi connectivity index (χ2v) is 6.35. The van der Waals surface area contributed by atoms with Crippen LogP contribution in [0.25, 0.3) is 0 Å². The van der Waals surface area contributed by atoms with Gasteiger partial charge in [-0.25, -0.2) is 4.79 Å². The summed E-state index contributed by atoms with van der Waals surface area (Å²) in [5.74, 6) is 1.93. The predicted octanol–water partition coefficient (Wildman–Crippen LogP) is 1.30. The number of carbonyl (C=O) groups excluding carboxylic acids is 1. The second kappa shape index (κ2) is 6.54. The number of nitrogens with one attached hydrogen (secondary N) is 1. The first-order valence-corrected chi connectivity index (χ1v) is 7.83. The molecule has 0 saturated carbocycles. The first-order chi connectivity index (χ1) is 11.6. The zero-order valence-corrected chi connectivity index (χ0v) is 14.6. The average molecular weight is 340 g/mol. The molecule has 0 fully saturated rings. The maximum absolute atomic E-state index is 13.1. The van der Waals surface area contributed by atoms with E-state index in [0.717, 1.165) is 10.1 Å². The molecular formula is C19H20N2O4. The monoisotopic (exact) mass is 340 g/mol. The number of terminal acetylenes is 1. The Balaban J connectivity index is 2.89. The van der Waals surface area contributed by atoms with Crippen molar-refractivity contribution in [1.29, 1.82) is 0 Å². The molecule has 0 atom stereocenters. The van der Waals surface area contributed by atoms with E-state index in [0.29, 0.717) is 5.56 Å². The van der Waals surface area contributed by atoms with Crippen molar-refractivity contribution in [3.63, 3.8) is 0 Å². The van der Waals surface area contributed by atoms with Gasteiger partial charge in [0.1, 0.15) is 5.69 Å². The Morgan fingerprint density at radius 2 is 1.96 bits per heavy atom. The van der Waals surface area contributed by atoms with Gasteiger partial charge in [0.05, 0.1) is 11.2 Å². The lowest BCUT2D eigenvalue weighted by molar-refractivity contribution is 0.0729. The van der Waals surface area contributed by atoms with Crippen LogP contribution in [0.1, 0.15) is 53.5 Å². The summed E-state index contributed by atoms with van der Waals surface area (Å²) in [7, 11) is 0. The van der Waals surface area contributed by atoms with Crippen molar-refractivity contribution < 1.29 is 9.90 Å². The van der Waals surface area contributed by atoms with Crippen LogP contribution in [0, 0.1) is 19.3 Å². The van der Waals surface area contributed by atoms with Gasteiger partial charge in [-0.05, 0) is 51.5 Å². The minimum Gasteiger partial charge on any atom is -0.385 e. The topological polar surface area (TPSA) is 92.2 Å². The molecule has 0 radical (unpaired) electrons. The second-order valence-electron chi connectivity index (χ2n) is 6.35. The molecule has 0 saturated heterocycles. The fraction of sp³-hybridized carbons (Fsp3) is 0.316. The Morgan fingerprint density at radius 1 is 1.32 bits per heavy atom. The van der Waals surface area contributed by atoms with Crippen LogP contribution in [-0.2, 0) is 12.1 Å². The zero-order chi connectivity index (χ0) is 18.9. The number of nitrogens with zero attached hydrogens (tertiary/aromatic N) is 1. The molecule has 0 aliphatic heterocycles. The molecule has 130 valence electrons. The van der Waals surface area contributed by atoms with Crippen molar-refractivity contribution in [2.24, 2.45) is 0 Å². The number of hydrogen-bond acceptors (Lipinski definition) is 4. The highest BCUT2D eigenvalue weighted by atomic mass is 16.3. The summed E-state index contributed by atoms with van der Waals surface area (Å²) >= 11 is 0. The number of ketones is 1. The predicted molar refractivity (Wildman–Crippen MR) is 94.8 cm³/mol. The maximum atomic E-state index is 13.1. The Kier molecular flexibility index (Phi) is 4.82. The molecule has 6 heteroatoms. The number of aliphatic hydroxyl groups is 1. The van der Waals surface area contributed by atoms with E-state index in [1.54, 1.807) is 26.0 Å². The van der Waals surface area contributed by atoms with Gasteiger partial charge in [0.15, 0.2) is 0 Å². The molecule has 0 bridgehead atoms. The van der Waals surface area contributed by atoms with Gasteiger partial charge in [-0.3, -0.25) is 19.1 Å². The highest BCUT2D eigenvalue weighted by Crippen LogP contribution is 2.22. The Labute approximate surface area is 145 Å². The molecule has 0 amide bonds. The summed E-state index contributed by atoms with van der Waals surface area (Å²) in [6, 6.07) is 4.90. The third kappa shape index (κ3) is 3.47. The highest BCUT2D eigenvalue weighted by molar-refractivity contribution is 6.09. The largest absolute Gasteiger partial charge is 0.385 e. The molecule has 1 aromatic heterocycles. The SMILES string of the molecule is C#Cc1cc(C)cc(C(=O)c2c(C(C)(C)O)c(=O)[nH]c(=O)n2CC)c1. The summed E-state index contributed by atoms with van der Waals surface area (Å²) in [6.07, 6.45) is 5.42. The standard InChI is InChI=1S/C19H20N2O4/c1-6-12-8-11(3)9-13(10-12)16(22)15-14(19(4,5)25)17(23)20-18(24)21(15)7-2/h1,8-10,25H,7H2,2-5H3,(H,20,23,24). The van der Waals surface area contributed by atoms with E-state index >= 15 is 0 Å². The Hall–Kier alpha value is -2.91. The van der Waals surface area contributed by atoms with Gasteiger partial charge >= 0.3 is 5.69 Å². The van der Waals surface area contributed by atoms with E-state index in [1.807, 2.05) is 0 Å². The number of aryl methyl sites for hydroxylation is 1. The summed E-state index contributed by atoms with van der Waals surface area (Å²) < 4.78 is 1.15. The van der Waals surface area contributed by atoms with E-state index < -0.39 is 22.6 Å². The minimum absolute atomic E-state index is 0.127. The molecule has 1 aromatic carbocycles. The van der Waals surface area contributed by atoms with E-state index in [1.165, 1.54) is 19.9 Å². The number of aromatic amines is 1. The van der Waals surface area contributed by atoms with Gasteiger partial charge in [-0.2, -0.15) is 0 Å². The fourth-order valence-corrected chi connectivity index (χ4v) is 2.81. The maximum Gasteiger partial charge on any atom is 0.328 e. The molecule has 6 nitrogen and oxygen atoms in total. The molecule has 0 aliphatic rings. The molecule has 1 heterocycles. The molecule has 0 spiro atoms. The number of rotatable bonds is 4. The minimum atomic E-state index is -1.61. The van der Waals surface area contributed by atoms with E-state index in [2.05, 4.69) is 10.9 Å². The van der Waals surface area contributed by atoms with Crippen LogP contribution in [0.4, 0.5) is 0 Å². The summed E-state index contributed by atoms with van der Waals surface area (Å²) in [5.41, 5.74) is -1.82. The van der Waals surface area contributed by atoms with Crippen molar-refractivity contribution >= 4 is 5.78 Å². The molecule has 2 N–H and O–H groups in total. The van der Waals surface area contributed by atoms with E-state index in [9.17, 15) is 19.5 Å². The van der Waals surface area contributed by atoms with Crippen LogP contribution in [0.5, 0.6) is 0 Å². The van der Waals surface area contributed by atoms with Gasteiger partial charge < -0.3 is 5.11 Å². The summed E-state index contributed by atoms with van der Waals surface area (Å²) in [6.45, 7) is 6.41. The normalized spacial score (nSPS) is 11.2. The van der Waals surface area contributed by atoms with Crippen molar-refractivity contribution in [1.82, 2.24) is 9.55 Å². The molecule has 25 heavy (non-hydrogen) atoms. The Bertz CT molecular complexity index is 998. The van der Waals surface area contributed by atoms with Crippen molar-refractivity contribution in [2.75, 3.05) is 0 Å². The quantitative estimate of drug-likeness (QED) is 0.648. The van der Waals surface area contributed by atoms with Crippen LogP contribution in [0.15, 0.2) is 27.8 Å². The van der Waals surface area contributed by atoms with Crippen LogP contribution in [-0.4, -0.2) is 20.4 Å². The van der Waals surface area contributed by atoms with Crippen molar-refractivity contribution in [3.8, 4) is 12.3 Å². The molecule has 2 aromatic rings. The zero-order valence-electron chi connectivity index (χ0n) is 14.6. The first kappa shape index (κ1) is 18.4. The smallest absolute Gasteiger partial charge is 0.328 e. The van der Waals surface area contributed by atoms with Crippen molar-refractivity contribution in [3.05, 3.63) is 67.0 Å². The number of H-pyrrole nitrogens is 1. The van der Waals surface area contributed by atoms with Gasteiger partial charge in [0, 0.05) is 17.7 Å². The van der Waals surface area contributed by atoms with Gasteiger partial charge in [-0.1, -0.05) is 5.92 Å². The summed E-state index contributed by atoms with van der Waals surface area (Å²) in [5, 5.41) is 10.4. The lowest BCUT2D eigenvalue weighted by atomic mass is 9.92. The van der Waals surface area contributed by atoms with Gasteiger partial charge in [0.2, 0.25) is 5.78 Å². The van der Waals surface area contributed by atoms with Crippen LogP contribution in [0.3, 0.4) is 0 Å². The van der Waals surface area contributed by atoms with Crippen LogP contribution < -0.4 is 11.2 Å². The Morgan fingerprint density at radius 3 is 2.48 bits per heavy atom. The number of aromatic nitrogens is 2. The van der Waals surface area contributed by atoms with Crippen LogP contribution >= 0.6 is 0 Å². The van der Waals surface area contributed by atoms with Gasteiger partial charge in [0.25, 0.3) is 5.56 Å². The number of benzene rings is 1. The average Bonchev–Trinajstić information content (AvgIpc) is 2.51. The van der Waals surface area contributed by atoms with E-state index in [-0.39, 0.29) is 23.4 Å².